The van der Waals surface area contributed by atoms with Crippen molar-refractivity contribution in [2.75, 3.05) is 27.2 Å². The molecule has 0 aromatic heterocycles. The maximum absolute atomic E-state index is 5.25. The molecule has 0 spiro atoms. The highest BCUT2D eigenvalue weighted by atomic mass is 16.5. The van der Waals surface area contributed by atoms with E-state index in [1.54, 1.807) is 7.11 Å². The highest BCUT2D eigenvalue weighted by molar-refractivity contribution is 5.27. The molecule has 0 bridgehead atoms. The number of methoxy groups -OCH3 is 1. The first-order valence-corrected chi connectivity index (χ1v) is 10.6. The van der Waals surface area contributed by atoms with Crippen LogP contribution in [0.25, 0.3) is 0 Å². The van der Waals surface area contributed by atoms with Gasteiger partial charge in [0.15, 0.2) is 0 Å². The van der Waals surface area contributed by atoms with E-state index in [0.29, 0.717) is 17.4 Å². The SMILES string of the molecule is COc1ccc(CNCC[C@]2(Cc3ccccc3)C[C@H](C)N(C)C[C@@H]2C)cc1. The molecular formula is C25H36N2O. The number of nitrogens with zero attached hydrogens (tertiary/aromatic N) is 1. The molecule has 1 aliphatic heterocycles. The number of hydrogen-bond donors (Lipinski definition) is 1. The number of benzene rings is 2. The van der Waals surface area contributed by atoms with Gasteiger partial charge in [-0.2, -0.15) is 0 Å². The van der Waals surface area contributed by atoms with Crippen molar-refractivity contribution < 1.29 is 4.74 Å². The maximum atomic E-state index is 5.25. The van der Waals surface area contributed by atoms with Crippen molar-refractivity contribution in [1.29, 1.82) is 0 Å². The molecule has 0 radical (unpaired) electrons. The largest absolute Gasteiger partial charge is 0.497 e. The van der Waals surface area contributed by atoms with Crippen LogP contribution in [0.4, 0.5) is 0 Å². The van der Waals surface area contributed by atoms with E-state index in [4.69, 9.17) is 4.74 Å². The molecule has 0 amide bonds. The monoisotopic (exact) mass is 380 g/mol. The van der Waals surface area contributed by atoms with Gasteiger partial charge >= 0.3 is 0 Å². The van der Waals surface area contributed by atoms with Crippen molar-refractivity contribution in [3.8, 4) is 5.75 Å². The number of piperidine rings is 1. The lowest BCUT2D eigenvalue weighted by atomic mass is 9.63. The van der Waals surface area contributed by atoms with E-state index in [2.05, 4.69) is 73.6 Å². The molecule has 152 valence electrons. The summed E-state index contributed by atoms with van der Waals surface area (Å²) in [7, 11) is 3.98. The number of rotatable bonds is 8. The second-order valence-electron chi connectivity index (χ2n) is 8.69. The summed E-state index contributed by atoms with van der Waals surface area (Å²) >= 11 is 0. The zero-order chi connectivity index (χ0) is 20.0. The Bertz CT molecular complexity index is 715. The van der Waals surface area contributed by atoms with Gasteiger partial charge in [0.25, 0.3) is 0 Å². The summed E-state index contributed by atoms with van der Waals surface area (Å²) in [5.41, 5.74) is 3.14. The number of ether oxygens (including phenoxy) is 1. The Morgan fingerprint density at radius 1 is 1.04 bits per heavy atom. The van der Waals surface area contributed by atoms with E-state index in [1.165, 1.54) is 36.9 Å². The standard InChI is InChI=1S/C25H36N2O/c1-20-19-27(3)21(2)16-25(20,17-22-8-6-5-7-9-22)14-15-26-18-23-10-12-24(28-4)13-11-23/h5-13,20-21,26H,14-19H2,1-4H3/t20-,21-,25+/m0/s1. The van der Waals surface area contributed by atoms with Gasteiger partial charge in [0.05, 0.1) is 7.11 Å². The molecule has 0 unspecified atom stereocenters. The van der Waals surface area contributed by atoms with Gasteiger partial charge in [-0.1, -0.05) is 49.4 Å². The summed E-state index contributed by atoms with van der Waals surface area (Å²) in [6, 6.07) is 20.1. The van der Waals surface area contributed by atoms with Gasteiger partial charge in [0.1, 0.15) is 5.75 Å². The van der Waals surface area contributed by atoms with E-state index < -0.39 is 0 Å². The van der Waals surface area contributed by atoms with Crippen molar-refractivity contribution >= 4 is 0 Å². The second kappa shape index (κ2) is 9.58. The molecule has 1 aliphatic rings. The van der Waals surface area contributed by atoms with Gasteiger partial charge in [0.2, 0.25) is 0 Å². The van der Waals surface area contributed by atoms with Gasteiger partial charge in [-0.15, -0.1) is 0 Å². The van der Waals surface area contributed by atoms with Gasteiger partial charge in [0, 0.05) is 19.1 Å². The molecule has 1 N–H and O–H groups in total. The zero-order valence-corrected chi connectivity index (χ0v) is 17.9. The first-order valence-electron chi connectivity index (χ1n) is 10.6. The molecule has 0 saturated carbocycles. The fraction of sp³-hybridized carbons (Fsp3) is 0.520. The Hall–Kier alpha value is -1.84. The smallest absolute Gasteiger partial charge is 0.118 e. The maximum Gasteiger partial charge on any atom is 0.118 e. The third-order valence-electron chi connectivity index (χ3n) is 6.75. The van der Waals surface area contributed by atoms with Crippen LogP contribution in [-0.4, -0.2) is 38.2 Å². The molecule has 2 aromatic rings. The van der Waals surface area contributed by atoms with E-state index in [1.807, 2.05) is 12.1 Å². The molecule has 28 heavy (non-hydrogen) atoms. The molecule has 3 heteroatoms. The number of hydrogen-bond acceptors (Lipinski definition) is 3. The minimum Gasteiger partial charge on any atom is -0.497 e. The first-order chi connectivity index (χ1) is 13.5. The topological polar surface area (TPSA) is 24.5 Å². The van der Waals surface area contributed by atoms with Gasteiger partial charge in [-0.25, -0.2) is 0 Å². The Kier molecular flexibility index (Phi) is 7.14. The molecule has 1 heterocycles. The second-order valence-corrected chi connectivity index (χ2v) is 8.69. The average molecular weight is 381 g/mol. The third kappa shape index (κ3) is 5.15. The summed E-state index contributed by atoms with van der Waals surface area (Å²) in [5.74, 6) is 1.61. The van der Waals surface area contributed by atoms with Crippen molar-refractivity contribution in [1.82, 2.24) is 10.2 Å². The van der Waals surface area contributed by atoms with Crippen LogP contribution in [0.3, 0.4) is 0 Å². The van der Waals surface area contributed by atoms with E-state index >= 15 is 0 Å². The minimum absolute atomic E-state index is 0.361. The lowest BCUT2D eigenvalue weighted by molar-refractivity contribution is 0.0132. The summed E-state index contributed by atoms with van der Waals surface area (Å²) in [4.78, 5) is 2.53. The number of nitrogens with one attached hydrogen (secondary N) is 1. The normalized spacial score (nSPS) is 25.6. The van der Waals surface area contributed by atoms with Crippen LogP contribution in [0.2, 0.25) is 0 Å². The van der Waals surface area contributed by atoms with Crippen molar-refractivity contribution in [3.05, 3.63) is 65.7 Å². The molecule has 3 nitrogen and oxygen atoms in total. The Balaban J connectivity index is 1.63. The molecule has 3 atom stereocenters. The van der Waals surface area contributed by atoms with Crippen LogP contribution >= 0.6 is 0 Å². The van der Waals surface area contributed by atoms with Gasteiger partial charge in [-0.05, 0) is 74.4 Å². The van der Waals surface area contributed by atoms with Crippen LogP contribution in [0.15, 0.2) is 54.6 Å². The fourth-order valence-electron chi connectivity index (χ4n) is 4.75. The van der Waals surface area contributed by atoms with Crippen molar-refractivity contribution in [2.45, 2.75) is 45.7 Å². The quantitative estimate of drug-likeness (QED) is 0.668. The Labute approximate surface area is 171 Å². The average Bonchev–Trinajstić information content (AvgIpc) is 2.71. The van der Waals surface area contributed by atoms with Crippen molar-refractivity contribution in [2.24, 2.45) is 11.3 Å². The van der Waals surface area contributed by atoms with Crippen LogP contribution in [0.1, 0.15) is 37.8 Å². The predicted molar refractivity (Wildman–Crippen MR) is 118 cm³/mol. The van der Waals surface area contributed by atoms with E-state index in [-0.39, 0.29) is 0 Å². The molecule has 3 rings (SSSR count). The molecule has 1 fully saturated rings. The molecule has 2 aromatic carbocycles. The fourth-order valence-corrected chi connectivity index (χ4v) is 4.75. The van der Waals surface area contributed by atoms with Gasteiger partial charge < -0.3 is 15.0 Å². The molecular weight excluding hydrogens is 344 g/mol. The van der Waals surface area contributed by atoms with Gasteiger partial charge in [-0.3, -0.25) is 0 Å². The lowest BCUT2D eigenvalue weighted by Crippen LogP contribution is -2.51. The minimum atomic E-state index is 0.361. The zero-order valence-electron chi connectivity index (χ0n) is 17.9. The predicted octanol–water partition coefficient (Wildman–Crippen LogP) is 4.76. The molecule has 0 aliphatic carbocycles. The van der Waals surface area contributed by atoms with Crippen LogP contribution < -0.4 is 10.1 Å². The molecule has 1 saturated heterocycles. The highest BCUT2D eigenvalue weighted by Gasteiger charge is 2.42. The Morgan fingerprint density at radius 2 is 1.75 bits per heavy atom. The summed E-state index contributed by atoms with van der Waals surface area (Å²) in [5, 5.41) is 3.69. The van der Waals surface area contributed by atoms with Crippen LogP contribution in [-0.2, 0) is 13.0 Å². The van der Waals surface area contributed by atoms with E-state index in [0.717, 1.165) is 18.8 Å². The van der Waals surface area contributed by atoms with Crippen LogP contribution in [0.5, 0.6) is 5.75 Å². The summed E-state index contributed by atoms with van der Waals surface area (Å²) in [6.07, 6.45) is 3.67. The van der Waals surface area contributed by atoms with Crippen LogP contribution in [0, 0.1) is 11.3 Å². The summed E-state index contributed by atoms with van der Waals surface area (Å²) < 4.78 is 5.25. The first kappa shape index (κ1) is 20.9. The third-order valence-corrected chi connectivity index (χ3v) is 6.75. The van der Waals surface area contributed by atoms with E-state index in [9.17, 15) is 0 Å². The highest BCUT2D eigenvalue weighted by Crippen LogP contribution is 2.44. The van der Waals surface area contributed by atoms with Crippen molar-refractivity contribution in [3.63, 3.8) is 0 Å². The number of likely N-dealkylation sites (tertiary alicyclic amines) is 1. The Morgan fingerprint density at radius 3 is 2.43 bits per heavy atom. The lowest BCUT2D eigenvalue weighted by Gasteiger charge is -2.49. The summed E-state index contributed by atoms with van der Waals surface area (Å²) in [6.45, 7) is 7.99.